The summed E-state index contributed by atoms with van der Waals surface area (Å²) >= 11 is 13.2. The van der Waals surface area contributed by atoms with Crippen molar-refractivity contribution in [2.45, 2.75) is 13.3 Å². The Morgan fingerprint density at radius 3 is 2.68 bits per heavy atom. The number of nitrogens with zero attached hydrogens (tertiary/aromatic N) is 3. The molecule has 34 heavy (non-hydrogen) atoms. The zero-order valence-corrected chi connectivity index (χ0v) is 21.3. The molecule has 0 saturated carbocycles. The molecule has 1 amide bonds. The van der Waals surface area contributed by atoms with Crippen LogP contribution in [0.3, 0.4) is 0 Å². The average molecular weight is 514 g/mol. The Hall–Kier alpha value is -2.65. The first kappa shape index (κ1) is 24.5. The summed E-state index contributed by atoms with van der Waals surface area (Å²) in [7, 11) is 1.60. The fourth-order valence-corrected chi connectivity index (χ4v) is 4.96. The zero-order valence-electron chi connectivity index (χ0n) is 18.9. The van der Waals surface area contributed by atoms with Gasteiger partial charge in [-0.2, -0.15) is 5.10 Å². The first-order chi connectivity index (χ1) is 16.5. The molecule has 0 unspecified atom stereocenters. The van der Waals surface area contributed by atoms with Gasteiger partial charge in [0.1, 0.15) is 15.8 Å². The van der Waals surface area contributed by atoms with Crippen molar-refractivity contribution >= 4 is 51.9 Å². The summed E-state index contributed by atoms with van der Waals surface area (Å²) < 4.78 is 13.1. The molecule has 0 atom stereocenters. The largest absolute Gasteiger partial charge is 0.492 e. The molecule has 2 heterocycles. The third kappa shape index (κ3) is 5.36. The van der Waals surface area contributed by atoms with E-state index >= 15 is 0 Å². The molecule has 1 aliphatic rings. The van der Waals surface area contributed by atoms with Gasteiger partial charge < -0.3 is 9.47 Å². The minimum absolute atomic E-state index is 0.133. The van der Waals surface area contributed by atoms with Crippen LogP contribution in [0.25, 0.3) is 23.0 Å². The number of amides is 1. The topological polar surface area (TPSA) is 56.6 Å². The Labute approximate surface area is 213 Å². The Balaban J connectivity index is 1.74. The lowest BCUT2D eigenvalue weighted by molar-refractivity contribution is -0.122. The summed E-state index contributed by atoms with van der Waals surface area (Å²) in [5.74, 6) is 0.502. The van der Waals surface area contributed by atoms with Crippen molar-refractivity contribution in [3.8, 4) is 22.7 Å². The number of thioether (sulfide) groups is 1. The minimum atomic E-state index is -0.133. The van der Waals surface area contributed by atoms with Crippen molar-refractivity contribution in [1.29, 1.82) is 0 Å². The number of rotatable bonds is 9. The summed E-state index contributed by atoms with van der Waals surface area (Å²) in [6, 6.07) is 15.4. The van der Waals surface area contributed by atoms with Crippen molar-refractivity contribution in [3.63, 3.8) is 0 Å². The van der Waals surface area contributed by atoms with E-state index in [0.717, 1.165) is 23.2 Å². The van der Waals surface area contributed by atoms with Gasteiger partial charge in [0.2, 0.25) is 0 Å². The molecule has 0 bridgehead atoms. The van der Waals surface area contributed by atoms with Crippen molar-refractivity contribution in [2.75, 3.05) is 26.9 Å². The van der Waals surface area contributed by atoms with Crippen LogP contribution in [0.5, 0.6) is 5.75 Å². The van der Waals surface area contributed by atoms with Crippen molar-refractivity contribution in [3.05, 3.63) is 70.2 Å². The smallest absolute Gasteiger partial charge is 0.266 e. The maximum Gasteiger partial charge on any atom is 0.266 e. The molecule has 176 valence electrons. The SMILES string of the molecule is CCCOc1ccc(-c2nn(-c3ccccc3)cc2C=C2SC(=S)N(CCOC)C2=O)cc1Cl. The fraction of sp³-hybridized carbons (Fsp3) is 0.240. The molecule has 4 rings (SSSR count). The highest BCUT2D eigenvalue weighted by Gasteiger charge is 2.32. The molecule has 2 aromatic carbocycles. The predicted octanol–water partition coefficient (Wildman–Crippen LogP) is 5.83. The van der Waals surface area contributed by atoms with Gasteiger partial charge in [0, 0.05) is 24.4 Å². The molecule has 1 aliphatic heterocycles. The molecule has 0 spiro atoms. The number of halogens is 1. The molecule has 0 aliphatic carbocycles. The molecular weight excluding hydrogens is 490 g/mol. The first-order valence-electron chi connectivity index (χ1n) is 10.8. The van der Waals surface area contributed by atoms with Crippen LogP contribution in [0, 0.1) is 0 Å². The zero-order chi connectivity index (χ0) is 24.1. The van der Waals surface area contributed by atoms with E-state index in [2.05, 4.69) is 0 Å². The van der Waals surface area contributed by atoms with E-state index in [1.54, 1.807) is 16.7 Å². The molecule has 0 radical (unpaired) electrons. The summed E-state index contributed by atoms with van der Waals surface area (Å²) in [6.07, 6.45) is 4.64. The molecule has 3 aromatic rings. The van der Waals surface area contributed by atoms with Crippen LogP contribution in [0.15, 0.2) is 59.6 Å². The summed E-state index contributed by atoms with van der Waals surface area (Å²) in [5, 5.41) is 5.34. The third-order valence-electron chi connectivity index (χ3n) is 5.11. The molecule has 1 saturated heterocycles. The van der Waals surface area contributed by atoms with Gasteiger partial charge >= 0.3 is 0 Å². The number of carbonyl (C=O) groups is 1. The standard InChI is InChI=1S/C25H24ClN3O3S2/c1-3-12-32-21-10-9-17(14-20(21)26)23-18(16-29(27-23)19-7-5-4-6-8-19)15-22-24(30)28(11-13-31-2)25(33)34-22/h4-10,14-16H,3,11-13H2,1-2H3. The number of ether oxygens (including phenoxy) is 2. The van der Waals surface area contributed by atoms with Gasteiger partial charge in [-0.25, -0.2) is 4.68 Å². The number of aromatic nitrogens is 2. The highest BCUT2D eigenvalue weighted by molar-refractivity contribution is 8.26. The Morgan fingerprint density at radius 2 is 1.97 bits per heavy atom. The molecule has 0 N–H and O–H groups in total. The third-order valence-corrected chi connectivity index (χ3v) is 6.78. The van der Waals surface area contributed by atoms with E-state index in [4.69, 9.17) is 38.4 Å². The van der Waals surface area contributed by atoms with Crippen molar-refractivity contribution in [1.82, 2.24) is 14.7 Å². The highest BCUT2D eigenvalue weighted by atomic mass is 35.5. The number of hydrogen-bond acceptors (Lipinski definition) is 6. The number of para-hydroxylation sites is 1. The van der Waals surface area contributed by atoms with E-state index in [0.29, 0.717) is 45.5 Å². The van der Waals surface area contributed by atoms with Gasteiger partial charge in [0.15, 0.2) is 0 Å². The van der Waals surface area contributed by atoms with Gasteiger partial charge in [-0.1, -0.05) is 60.7 Å². The van der Waals surface area contributed by atoms with Gasteiger partial charge in [0.05, 0.1) is 35.4 Å². The fourth-order valence-electron chi connectivity index (χ4n) is 3.42. The van der Waals surface area contributed by atoms with E-state index < -0.39 is 0 Å². The first-order valence-corrected chi connectivity index (χ1v) is 12.4. The molecule has 6 nitrogen and oxygen atoms in total. The van der Waals surface area contributed by atoms with Gasteiger partial charge in [-0.3, -0.25) is 9.69 Å². The number of benzene rings is 2. The summed E-state index contributed by atoms with van der Waals surface area (Å²) in [4.78, 5) is 15.1. The normalized spacial score (nSPS) is 14.9. The second-order valence-electron chi connectivity index (χ2n) is 7.53. The number of carbonyl (C=O) groups excluding carboxylic acids is 1. The Bertz CT molecular complexity index is 1230. The van der Waals surface area contributed by atoms with Crippen LogP contribution in [-0.2, 0) is 9.53 Å². The van der Waals surface area contributed by atoms with Crippen LogP contribution < -0.4 is 4.74 Å². The maximum atomic E-state index is 13.0. The lowest BCUT2D eigenvalue weighted by Gasteiger charge is -2.12. The molecule has 9 heteroatoms. The van der Waals surface area contributed by atoms with Crippen LogP contribution in [0.4, 0.5) is 0 Å². The van der Waals surface area contributed by atoms with Crippen LogP contribution in [0.1, 0.15) is 18.9 Å². The predicted molar refractivity (Wildman–Crippen MR) is 142 cm³/mol. The quantitative estimate of drug-likeness (QED) is 0.265. The number of hydrogen-bond donors (Lipinski definition) is 0. The monoisotopic (exact) mass is 513 g/mol. The van der Waals surface area contributed by atoms with E-state index in [1.807, 2.05) is 67.7 Å². The lowest BCUT2D eigenvalue weighted by Crippen LogP contribution is -2.31. The van der Waals surface area contributed by atoms with Gasteiger partial charge in [-0.15, -0.1) is 0 Å². The summed E-state index contributed by atoms with van der Waals surface area (Å²) in [6.45, 7) is 3.48. The van der Waals surface area contributed by atoms with E-state index in [9.17, 15) is 4.79 Å². The maximum absolute atomic E-state index is 13.0. The molecule has 1 fully saturated rings. The second-order valence-corrected chi connectivity index (χ2v) is 9.62. The number of methoxy groups -OCH3 is 1. The van der Waals surface area contributed by atoms with Crippen LogP contribution in [-0.4, -0.2) is 51.8 Å². The summed E-state index contributed by atoms with van der Waals surface area (Å²) in [5.41, 5.74) is 3.22. The molecular formula is C25H24ClN3O3S2. The average Bonchev–Trinajstić information content (AvgIpc) is 3.38. The Morgan fingerprint density at radius 1 is 1.18 bits per heavy atom. The van der Waals surface area contributed by atoms with Crippen molar-refractivity contribution in [2.24, 2.45) is 0 Å². The minimum Gasteiger partial charge on any atom is -0.492 e. The lowest BCUT2D eigenvalue weighted by atomic mass is 10.1. The van der Waals surface area contributed by atoms with Gasteiger partial charge in [-0.05, 0) is 42.8 Å². The van der Waals surface area contributed by atoms with Crippen LogP contribution >= 0.6 is 35.6 Å². The van der Waals surface area contributed by atoms with E-state index in [-0.39, 0.29) is 5.91 Å². The molecule has 1 aromatic heterocycles. The number of thiocarbonyl (C=S) groups is 1. The van der Waals surface area contributed by atoms with E-state index in [1.165, 1.54) is 11.8 Å². The second kappa shape index (κ2) is 11.2. The highest BCUT2D eigenvalue weighted by Crippen LogP contribution is 2.36. The van der Waals surface area contributed by atoms with Crippen LogP contribution in [0.2, 0.25) is 5.02 Å². The van der Waals surface area contributed by atoms with Crippen molar-refractivity contribution < 1.29 is 14.3 Å². The van der Waals surface area contributed by atoms with Gasteiger partial charge in [0.25, 0.3) is 5.91 Å². The Kier molecular flexibility index (Phi) is 8.05.